The number of nitrogens with zero attached hydrogens (tertiary/aromatic N) is 1. The maximum absolute atomic E-state index is 12.1. The van der Waals surface area contributed by atoms with Gasteiger partial charge in [0.2, 0.25) is 0 Å². The van der Waals surface area contributed by atoms with Crippen LogP contribution in [0.3, 0.4) is 0 Å². The smallest absolute Gasteiger partial charge is 0.253 e. The highest BCUT2D eigenvalue weighted by molar-refractivity contribution is 5.94. The highest BCUT2D eigenvalue weighted by Gasteiger charge is 2.26. The standard InChI is InChI=1S/C24H32N2O/c1-26(2)24(27)22-12-6-10-20(18-22)16-17-25-23-13-7-11-21(23)15-14-19-8-4-3-5-9-19/h3-6,8-10,12,18,21,23,25H,7,11,13-17H2,1-2H3/t21-,23-/m0/s1. The molecule has 0 bridgehead atoms. The Morgan fingerprint density at radius 3 is 2.56 bits per heavy atom. The van der Waals surface area contributed by atoms with Gasteiger partial charge in [-0.1, -0.05) is 48.9 Å². The summed E-state index contributed by atoms with van der Waals surface area (Å²) in [6.07, 6.45) is 7.39. The van der Waals surface area contributed by atoms with Crippen molar-refractivity contribution in [1.82, 2.24) is 10.2 Å². The van der Waals surface area contributed by atoms with Gasteiger partial charge in [-0.3, -0.25) is 4.79 Å². The fourth-order valence-corrected chi connectivity index (χ4v) is 4.17. The lowest BCUT2D eigenvalue weighted by atomic mass is 9.95. The Morgan fingerprint density at radius 2 is 1.78 bits per heavy atom. The number of hydrogen-bond acceptors (Lipinski definition) is 2. The second-order valence-electron chi connectivity index (χ2n) is 7.93. The molecule has 3 rings (SSSR count). The minimum atomic E-state index is 0.0709. The van der Waals surface area contributed by atoms with E-state index in [0.29, 0.717) is 6.04 Å². The van der Waals surface area contributed by atoms with Crippen molar-refractivity contribution in [3.63, 3.8) is 0 Å². The van der Waals surface area contributed by atoms with Crippen LogP contribution in [0, 0.1) is 5.92 Å². The van der Waals surface area contributed by atoms with Crippen LogP contribution in [0.4, 0.5) is 0 Å². The van der Waals surface area contributed by atoms with Gasteiger partial charge < -0.3 is 10.2 Å². The van der Waals surface area contributed by atoms with Crippen LogP contribution >= 0.6 is 0 Å². The molecular weight excluding hydrogens is 332 g/mol. The molecular formula is C24H32N2O. The van der Waals surface area contributed by atoms with Crippen molar-refractivity contribution in [1.29, 1.82) is 0 Å². The van der Waals surface area contributed by atoms with Crippen molar-refractivity contribution in [3.8, 4) is 0 Å². The second kappa shape index (κ2) is 9.70. The summed E-state index contributed by atoms with van der Waals surface area (Å²) in [4.78, 5) is 13.8. The summed E-state index contributed by atoms with van der Waals surface area (Å²) in [6, 6.07) is 19.5. The third-order valence-electron chi connectivity index (χ3n) is 5.71. The minimum Gasteiger partial charge on any atom is -0.345 e. The fraction of sp³-hybridized carbons (Fsp3) is 0.458. The zero-order chi connectivity index (χ0) is 19.1. The molecule has 27 heavy (non-hydrogen) atoms. The third kappa shape index (κ3) is 5.67. The molecule has 0 unspecified atom stereocenters. The van der Waals surface area contributed by atoms with Gasteiger partial charge in [0.05, 0.1) is 0 Å². The molecule has 1 N–H and O–H groups in total. The largest absolute Gasteiger partial charge is 0.345 e. The van der Waals surface area contributed by atoms with Crippen LogP contribution in [-0.2, 0) is 12.8 Å². The molecule has 1 aliphatic carbocycles. The predicted molar refractivity (Wildman–Crippen MR) is 112 cm³/mol. The first kappa shape index (κ1) is 19.6. The number of rotatable bonds is 8. The van der Waals surface area contributed by atoms with Gasteiger partial charge in [0, 0.05) is 25.7 Å². The lowest BCUT2D eigenvalue weighted by Gasteiger charge is -2.21. The van der Waals surface area contributed by atoms with E-state index in [9.17, 15) is 4.79 Å². The van der Waals surface area contributed by atoms with Gasteiger partial charge in [-0.05, 0) is 67.8 Å². The number of hydrogen-bond donors (Lipinski definition) is 1. The SMILES string of the molecule is CN(C)C(=O)c1cccc(CCN[C@H]2CCC[C@H]2CCc2ccccc2)c1. The molecule has 1 fully saturated rings. The molecule has 1 amide bonds. The molecule has 1 aliphatic rings. The maximum Gasteiger partial charge on any atom is 0.253 e. The lowest BCUT2D eigenvalue weighted by molar-refractivity contribution is 0.0827. The molecule has 0 aromatic heterocycles. The summed E-state index contributed by atoms with van der Waals surface area (Å²) >= 11 is 0. The fourth-order valence-electron chi connectivity index (χ4n) is 4.17. The number of carbonyl (C=O) groups excluding carboxylic acids is 1. The monoisotopic (exact) mass is 364 g/mol. The quantitative estimate of drug-likeness (QED) is 0.756. The van der Waals surface area contributed by atoms with E-state index in [0.717, 1.165) is 24.4 Å². The average molecular weight is 365 g/mol. The molecule has 2 aromatic rings. The van der Waals surface area contributed by atoms with Gasteiger partial charge in [0.1, 0.15) is 0 Å². The molecule has 2 aromatic carbocycles. The summed E-state index contributed by atoms with van der Waals surface area (Å²) in [7, 11) is 3.60. The second-order valence-corrected chi connectivity index (χ2v) is 7.93. The first-order valence-corrected chi connectivity index (χ1v) is 10.2. The summed E-state index contributed by atoms with van der Waals surface area (Å²) in [5.41, 5.74) is 3.46. The Hall–Kier alpha value is -2.13. The van der Waals surface area contributed by atoms with E-state index in [4.69, 9.17) is 0 Å². The van der Waals surface area contributed by atoms with E-state index in [2.05, 4.69) is 41.7 Å². The molecule has 0 aliphatic heterocycles. The van der Waals surface area contributed by atoms with Crippen molar-refractivity contribution >= 4 is 5.91 Å². The number of aryl methyl sites for hydroxylation is 1. The Balaban J connectivity index is 1.46. The molecule has 0 spiro atoms. The van der Waals surface area contributed by atoms with E-state index in [-0.39, 0.29) is 5.91 Å². The zero-order valence-electron chi connectivity index (χ0n) is 16.7. The maximum atomic E-state index is 12.1. The van der Waals surface area contributed by atoms with E-state index < -0.39 is 0 Å². The van der Waals surface area contributed by atoms with Crippen LogP contribution in [0.5, 0.6) is 0 Å². The minimum absolute atomic E-state index is 0.0709. The molecule has 3 heteroatoms. The summed E-state index contributed by atoms with van der Waals surface area (Å²) in [6.45, 7) is 0.978. The molecule has 144 valence electrons. The van der Waals surface area contributed by atoms with Crippen molar-refractivity contribution in [2.24, 2.45) is 5.92 Å². The Labute approximate surface area is 163 Å². The summed E-state index contributed by atoms with van der Waals surface area (Å²) < 4.78 is 0. The molecule has 2 atom stereocenters. The summed E-state index contributed by atoms with van der Waals surface area (Å²) in [5, 5.41) is 3.79. The van der Waals surface area contributed by atoms with Crippen molar-refractivity contribution in [3.05, 3.63) is 71.3 Å². The topological polar surface area (TPSA) is 32.3 Å². The highest BCUT2D eigenvalue weighted by Crippen LogP contribution is 2.29. The number of benzene rings is 2. The third-order valence-corrected chi connectivity index (χ3v) is 5.71. The number of nitrogens with one attached hydrogen (secondary N) is 1. The molecule has 1 saturated carbocycles. The van der Waals surface area contributed by atoms with Crippen LogP contribution < -0.4 is 5.32 Å². The average Bonchev–Trinajstić information content (AvgIpc) is 3.14. The Bertz CT molecular complexity index is 726. The molecule has 3 nitrogen and oxygen atoms in total. The van der Waals surface area contributed by atoms with Crippen molar-refractivity contribution in [2.45, 2.75) is 44.6 Å². The Morgan fingerprint density at radius 1 is 1.00 bits per heavy atom. The molecule has 0 heterocycles. The van der Waals surface area contributed by atoms with E-state index in [1.165, 1.54) is 43.2 Å². The van der Waals surface area contributed by atoms with Gasteiger partial charge in [-0.15, -0.1) is 0 Å². The van der Waals surface area contributed by atoms with E-state index in [1.807, 2.05) is 18.2 Å². The van der Waals surface area contributed by atoms with E-state index >= 15 is 0 Å². The summed E-state index contributed by atoms with van der Waals surface area (Å²) in [5.74, 6) is 0.855. The van der Waals surface area contributed by atoms with E-state index in [1.54, 1.807) is 19.0 Å². The zero-order valence-corrected chi connectivity index (χ0v) is 16.7. The first-order chi connectivity index (χ1) is 13.1. The van der Waals surface area contributed by atoms with Crippen LogP contribution in [-0.4, -0.2) is 37.5 Å². The number of carbonyl (C=O) groups is 1. The Kier molecular flexibility index (Phi) is 7.05. The highest BCUT2D eigenvalue weighted by atomic mass is 16.2. The van der Waals surface area contributed by atoms with Crippen LogP contribution in [0.25, 0.3) is 0 Å². The van der Waals surface area contributed by atoms with Crippen LogP contribution in [0.15, 0.2) is 54.6 Å². The predicted octanol–water partition coefficient (Wildman–Crippen LogP) is 4.32. The van der Waals surface area contributed by atoms with Crippen LogP contribution in [0.1, 0.15) is 47.2 Å². The van der Waals surface area contributed by atoms with Crippen LogP contribution in [0.2, 0.25) is 0 Å². The molecule has 0 radical (unpaired) electrons. The van der Waals surface area contributed by atoms with Gasteiger partial charge in [-0.25, -0.2) is 0 Å². The van der Waals surface area contributed by atoms with Crippen molar-refractivity contribution in [2.75, 3.05) is 20.6 Å². The number of amides is 1. The molecule has 0 saturated heterocycles. The van der Waals surface area contributed by atoms with Crippen molar-refractivity contribution < 1.29 is 4.79 Å². The van der Waals surface area contributed by atoms with Gasteiger partial charge >= 0.3 is 0 Å². The van der Waals surface area contributed by atoms with Gasteiger partial charge in [-0.2, -0.15) is 0 Å². The lowest BCUT2D eigenvalue weighted by Crippen LogP contribution is -2.34. The first-order valence-electron chi connectivity index (χ1n) is 10.2. The van der Waals surface area contributed by atoms with Gasteiger partial charge in [0.25, 0.3) is 5.91 Å². The normalized spacial score (nSPS) is 19.2. The van der Waals surface area contributed by atoms with Gasteiger partial charge in [0.15, 0.2) is 0 Å².